The number of anilines is 3. The Bertz CT molecular complexity index is 2450. The average Bonchev–Trinajstić information content (AvgIpc) is 3.61. The van der Waals surface area contributed by atoms with E-state index in [0.29, 0.717) is 0 Å². The molecular weight excluding hydrogens is 524 g/mol. The summed E-state index contributed by atoms with van der Waals surface area (Å²) in [5, 5.41) is 7.06. The lowest BCUT2D eigenvalue weighted by molar-refractivity contribution is 0.673. The van der Waals surface area contributed by atoms with Crippen molar-refractivity contribution in [3.63, 3.8) is 0 Å². The van der Waals surface area contributed by atoms with Gasteiger partial charge in [-0.2, -0.15) is 0 Å². The maximum absolute atomic E-state index is 6.96. The molecule has 0 bridgehead atoms. The smallest absolute Gasteiger partial charge is 0.161 e. The summed E-state index contributed by atoms with van der Waals surface area (Å²) >= 11 is 0. The minimum Gasteiger partial charge on any atom is -0.451 e. The van der Waals surface area contributed by atoms with Gasteiger partial charge in [0.05, 0.1) is 16.9 Å². The molecule has 9 rings (SSSR count). The third-order valence-electron chi connectivity index (χ3n) is 8.54. The standard InChI is InChI=1S/C40H26N2O/c1-3-15-28(16-4-1)41(37-26-27-14-7-8-19-30(27)31-20-9-10-21-32(31)37)36-25-13-23-34-38-40(43-39(34)36)33-22-11-12-24-35(33)42(38)29-17-5-2-6-18-29/h1-26H. The van der Waals surface area contributed by atoms with Gasteiger partial charge in [0.2, 0.25) is 0 Å². The fraction of sp³-hybridized carbons (Fsp3) is 0. The van der Waals surface area contributed by atoms with Crippen molar-refractivity contribution >= 4 is 71.6 Å². The van der Waals surface area contributed by atoms with Crippen molar-refractivity contribution in [1.82, 2.24) is 4.57 Å². The molecule has 2 aromatic heterocycles. The molecule has 0 saturated carbocycles. The van der Waals surface area contributed by atoms with E-state index in [0.717, 1.165) is 55.7 Å². The number of hydrogen-bond donors (Lipinski definition) is 0. The second-order valence-corrected chi connectivity index (χ2v) is 11.0. The molecule has 9 aromatic rings. The Morgan fingerprint density at radius 2 is 1.07 bits per heavy atom. The van der Waals surface area contributed by atoms with E-state index in [1.54, 1.807) is 0 Å². The molecule has 3 nitrogen and oxygen atoms in total. The van der Waals surface area contributed by atoms with Crippen molar-refractivity contribution in [2.45, 2.75) is 0 Å². The summed E-state index contributed by atoms with van der Waals surface area (Å²) in [5.74, 6) is 0. The quantitative estimate of drug-likeness (QED) is 0.203. The number of fused-ring (bicyclic) bond motifs is 8. The van der Waals surface area contributed by atoms with Crippen LogP contribution in [0.5, 0.6) is 0 Å². The fourth-order valence-electron chi connectivity index (χ4n) is 6.70. The van der Waals surface area contributed by atoms with Crippen molar-refractivity contribution in [1.29, 1.82) is 0 Å². The maximum atomic E-state index is 6.96. The van der Waals surface area contributed by atoms with Crippen LogP contribution in [0.15, 0.2) is 162 Å². The van der Waals surface area contributed by atoms with E-state index in [1.165, 1.54) is 21.5 Å². The highest BCUT2D eigenvalue weighted by Crippen LogP contribution is 2.47. The molecule has 3 heteroatoms. The van der Waals surface area contributed by atoms with Crippen LogP contribution in [0.3, 0.4) is 0 Å². The summed E-state index contributed by atoms with van der Waals surface area (Å²) < 4.78 is 9.29. The van der Waals surface area contributed by atoms with E-state index >= 15 is 0 Å². The molecule has 7 aromatic carbocycles. The van der Waals surface area contributed by atoms with Crippen molar-refractivity contribution in [3.8, 4) is 5.69 Å². The van der Waals surface area contributed by atoms with Gasteiger partial charge in [0.25, 0.3) is 0 Å². The number of hydrogen-bond acceptors (Lipinski definition) is 2. The summed E-state index contributed by atoms with van der Waals surface area (Å²) in [4.78, 5) is 2.36. The van der Waals surface area contributed by atoms with Crippen LogP contribution in [0.1, 0.15) is 0 Å². The topological polar surface area (TPSA) is 21.3 Å². The van der Waals surface area contributed by atoms with Gasteiger partial charge >= 0.3 is 0 Å². The number of nitrogens with zero attached hydrogens (tertiary/aromatic N) is 2. The van der Waals surface area contributed by atoms with Crippen LogP contribution in [0.25, 0.3) is 60.2 Å². The normalized spacial score (nSPS) is 11.7. The van der Waals surface area contributed by atoms with Crippen molar-refractivity contribution < 1.29 is 4.42 Å². The Kier molecular flexibility index (Phi) is 5.20. The molecule has 43 heavy (non-hydrogen) atoms. The maximum Gasteiger partial charge on any atom is 0.161 e. The van der Waals surface area contributed by atoms with Gasteiger partial charge in [0.1, 0.15) is 5.52 Å². The van der Waals surface area contributed by atoms with Crippen LogP contribution in [-0.4, -0.2) is 4.57 Å². The lowest BCUT2D eigenvalue weighted by Crippen LogP contribution is -2.11. The fourth-order valence-corrected chi connectivity index (χ4v) is 6.70. The summed E-state index contributed by atoms with van der Waals surface area (Å²) in [6.07, 6.45) is 0. The molecule has 0 atom stereocenters. The second kappa shape index (κ2) is 9.37. The Hall–Kier alpha value is -5.80. The van der Waals surface area contributed by atoms with Gasteiger partial charge < -0.3 is 13.9 Å². The second-order valence-electron chi connectivity index (χ2n) is 11.0. The first-order chi connectivity index (χ1) is 21.4. The van der Waals surface area contributed by atoms with Gasteiger partial charge in [-0.25, -0.2) is 0 Å². The lowest BCUT2D eigenvalue weighted by atomic mass is 9.99. The Morgan fingerprint density at radius 1 is 0.442 bits per heavy atom. The Morgan fingerprint density at radius 3 is 1.88 bits per heavy atom. The first kappa shape index (κ1) is 23.9. The van der Waals surface area contributed by atoms with E-state index in [4.69, 9.17) is 4.42 Å². The number of aromatic nitrogens is 1. The van der Waals surface area contributed by atoms with E-state index in [1.807, 2.05) is 0 Å². The number of para-hydroxylation sites is 4. The van der Waals surface area contributed by atoms with Gasteiger partial charge in [-0.1, -0.05) is 103 Å². The van der Waals surface area contributed by atoms with Crippen LogP contribution in [-0.2, 0) is 0 Å². The minimum absolute atomic E-state index is 0.865. The first-order valence-corrected chi connectivity index (χ1v) is 14.6. The predicted molar refractivity (Wildman–Crippen MR) is 180 cm³/mol. The highest BCUT2D eigenvalue weighted by Gasteiger charge is 2.25. The molecule has 2 heterocycles. The monoisotopic (exact) mass is 550 g/mol. The molecule has 0 aliphatic carbocycles. The number of furan rings is 1. The molecule has 202 valence electrons. The SMILES string of the molecule is c1ccc(N(c2cc3ccccc3c3ccccc23)c2cccc3c2oc2c4ccccc4n(-c4ccccc4)c32)cc1. The predicted octanol–water partition coefficient (Wildman–Crippen LogP) is 11.3. The molecule has 0 amide bonds. The van der Waals surface area contributed by atoms with Gasteiger partial charge in [-0.05, 0) is 70.8 Å². The molecule has 0 N–H and O–H groups in total. The largest absolute Gasteiger partial charge is 0.451 e. The van der Waals surface area contributed by atoms with E-state index in [9.17, 15) is 0 Å². The van der Waals surface area contributed by atoms with Gasteiger partial charge in [-0.3, -0.25) is 0 Å². The van der Waals surface area contributed by atoms with Crippen molar-refractivity contribution in [2.24, 2.45) is 0 Å². The number of benzene rings is 7. The zero-order valence-corrected chi connectivity index (χ0v) is 23.3. The molecular formula is C40H26N2O. The van der Waals surface area contributed by atoms with Gasteiger partial charge in [0.15, 0.2) is 11.2 Å². The first-order valence-electron chi connectivity index (χ1n) is 14.6. The third kappa shape index (κ3) is 3.55. The van der Waals surface area contributed by atoms with Crippen molar-refractivity contribution in [2.75, 3.05) is 4.90 Å². The van der Waals surface area contributed by atoms with Gasteiger partial charge in [-0.15, -0.1) is 0 Å². The molecule has 0 radical (unpaired) electrons. The van der Waals surface area contributed by atoms with E-state index in [-0.39, 0.29) is 0 Å². The van der Waals surface area contributed by atoms with Crippen LogP contribution in [0.2, 0.25) is 0 Å². The zero-order valence-electron chi connectivity index (χ0n) is 23.3. The third-order valence-corrected chi connectivity index (χ3v) is 8.54. The highest BCUT2D eigenvalue weighted by atomic mass is 16.3. The van der Waals surface area contributed by atoms with Crippen molar-refractivity contribution in [3.05, 3.63) is 158 Å². The van der Waals surface area contributed by atoms with E-state index in [2.05, 4.69) is 167 Å². The summed E-state index contributed by atoms with van der Waals surface area (Å²) in [6.45, 7) is 0. The molecule has 0 aliphatic heterocycles. The van der Waals surface area contributed by atoms with E-state index < -0.39 is 0 Å². The lowest BCUT2D eigenvalue weighted by Gasteiger charge is -2.27. The zero-order chi connectivity index (χ0) is 28.3. The highest BCUT2D eigenvalue weighted by molar-refractivity contribution is 6.20. The van der Waals surface area contributed by atoms with Crippen LogP contribution in [0.4, 0.5) is 17.1 Å². The summed E-state index contributed by atoms with van der Waals surface area (Å²) in [7, 11) is 0. The Balaban J connectivity index is 1.41. The molecule has 0 spiro atoms. The van der Waals surface area contributed by atoms with Gasteiger partial charge in [0, 0.05) is 27.5 Å². The molecule has 0 saturated heterocycles. The summed E-state index contributed by atoms with van der Waals surface area (Å²) in [6, 6.07) is 55.8. The summed E-state index contributed by atoms with van der Waals surface area (Å²) in [5.41, 5.74) is 8.29. The molecule has 0 unspecified atom stereocenters. The molecule has 0 fully saturated rings. The van der Waals surface area contributed by atoms with Crippen LogP contribution in [0, 0.1) is 0 Å². The van der Waals surface area contributed by atoms with Crippen LogP contribution < -0.4 is 4.90 Å². The molecule has 0 aliphatic rings. The Labute approximate surface area is 248 Å². The minimum atomic E-state index is 0.865. The number of rotatable bonds is 4. The van der Waals surface area contributed by atoms with Crippen LogP contribution >= 0.6 is 0 Å². The average molecular weight is 551 g/mol.